The fraction of sp³-hybridized carbons (Fsp3) is 0.231. The van der Waals surface area contributed by atoms with Gasteiger partial charge in [-0.3, -0.25) is 9.59 Å². The fourth-order valence-corrected chi connectivity index (χ4v) is 3.31. The van der Waals surface area contributed by atoms with Gasteiger partial charge in [-0.1, -0.05) is 48.5 Å². The number of nitrogens with one attached hydrogen (secondary N) is 2. The largest absolute Gasteiger partial charge is 0.493 e. The molecule has 3 rings (SSSR count). The number of hydrogen-bond acceptors (Lipinski definition) is 4. The van der Waals surface area contributed by atoms with E-state index in [-0.39, 0.29) is 11.8 Å². The highest BCUT2D eigenvalue weighted by Gasteiger charge is 2.08. The van der Waals surface area contributed by atoms with E-state index in [2.05, 4.69) is 10.6 Å². The van der Waals surface area contributed by atoms with Crippen molar-refractivity contribution < 1.29 is 19.1 Å². The first-order chi connectivity index (χ1) is 15.6. The van der Waals surface area contributed by atoms with E-state index in [1.807, 2.05) is 60.7 Å². The highest BCUT2D eigenvalue weighted by Crippen LogP contribution is 2.27. The van der Waals surface area contributed by atoms with Gasteiger partial charge < -0.3 is 20.1 Å². The second-order valence-corrected chi connectivity index (χ2v) is 7.24. The van der Waals surface area contributed by atoms with Crippen LogP contribution in [0.5, 0.6) is 11.5 Å². The van der Waals surface area contributed by atoms with Crippen molar-refractivity contribution in [2.75, 3.05) is 27.3 Å². The Kier molecular flexibility index (Phi) is 8.26. The zero-order valence-electron chi connectivity index (χ0n) is 18.4. The topological polar surface area (TPSA) is 76.7 Å². The monoisotopic (exact) mass is 432 g/mol. The van der Waals surface area contributed by atoms with Crippen molar-refractivity contribution >= 4 is 11.8 Å². The Morgan fingerprint density at radius 2 is 1.41 bits per heavy atom. The molecule has 2 amide bonds. The summed E-state index contributed by atoms with van der Waals surface area (Å²) in [5.74, 6) is 1.07. The molecule has 0 aliphatic heterocycles. The molecule has 166 valence electrons. The van der Waals surface area contributed by atoms with Gasteiger partial charge in [0.05, 0.1) is 14.2 Å². The summed E-state index contributed by atoms with van der Waals surface area (Å²) in [6.07, 6.45) is 0.941. The average Bonchev–Trinajstić information content (AvgIpc) is 2.85. The van der Waals surface area contributed by atoms with Crippen LogP contribution in [0.15, 0.2) is 72.8 Å². The molecule has 0 bridgehead atoms. The highest BCUT2D eigenvalue weighted by molar-refractivity contribution is 5.94. The van der Waals surface area contributed by atoms with Crippen molar-refractivity contribution in [2.24, 2.45) is 0 Å². The molecule has 0 saturated heterocycles. The maximum Gasteiger partial charge on any atom is 0.251 e. The molecule has 0 aromatic heterocycles. The summed E-state index contributed by atoms with van der Waals surface area (Å²) < 4.78 is 10.5. The van der Waals surface area contributed by atoms with Gasteiger partial charge in [0.25, 0.3) is 5.91 Å². The number of methoxy groups -OCH3 is 2. The number of rotatable bonds is 10. The zero-order chi connectivity index (χ0) is 22.8. The third-order valence-electron chi connectivity index (χ3n) is 5.08. The summed E-state index contributed by atoms with van der Waals surface area (Å²) in [4.78, 5) is 24.4. The van der Waals surface area contributed by atoms with Crippen LogP contribution in [0.2, 0.25) is 0 Å². The summed E-state index contributed by atoms with van der Waals surface area (Å²) in [5.41, 5.74) is 3.74. The van der Waals surface area contributed by atoms with Crippen molar-refractivity contribution in [3.05, 3.63) is 83.9 Å². The molecule has 0 saturated carbocycles. The molecule has 0 radical (unpaired) electrons. The molecule has 0 spiro atoms. The number of carbonyl (C=O) groups excluding carboxylic acids is 2. The lowest BCUT2D eigenvalue weighted by atomic mass is 10.0. The van der Waals surface area contributed by atoms with Crippen LogP contribution in [-0.4, -0.2) is 39.1 Å². The van der Waals surface area contributed by atoms with E-state index in [1.54, 1.807) is 26.4 Å². The predicted molar refractivity (Wildman–Crippen MR) is 125 cm³/mol. The number of benzene rings is 3. The number of carbonyl (C=O) groups is 2. The second kappa shape index (κ2) is 11.6. The van der Waals surface area contributed by atoms with Crippen LogP contribution in [0.4, 0.5) is 0 Å². The normalized spacial score (nSPS) is 10.3. The lowest BCUT2D eigenvalue weighted by molar-refractivity contribution is -0.121. The molecule has 0 fully saturated rings. The van der Waals surface area contributed by atoms with E-state index in [1.165, 1.54) is 0 Å². The Balaban J connectivity index is 1.38. The SMILES string of the molecule is COc1ccc(CCC(=O)NCCNC(=O)c2ccc(-c3ccccc3)cc2)cc1OC. The van der Waals surface area contributed by atoms with Gasteiger partial charge in [-0.2, -0.15) is 0 Å². The zero-order valence-corrected chi connectivity index (χ0v) is 18.4. The Hall–Kier alpha value is -3.80. The van der Waals surface area contributed by atoms with Gasteiger partial charge in [0.2, 0.25) is 5.91 Å². The quantitative estimate of drug-likeness (QED) is 0.477. The fourth-order valence-electron chi connectivity index (χ4n) is 3.31. The van der Waals surface area contributed by atoms with Gasteiger partial charge in [-0.15, -0.1) is 0 Å². The summed E-state index contributed by atoms with van der Waals surface area (Å²) in [6.45, 7) is 0.736. The molecule has 0 aliphatic carbocycles. The third-order valence-corrected chi connectivity index (χ3v) is 5.08. The van der Waals surface area contributed by atoms with Gasteiger partial charge in [-0.05, 0) is 47.4 Å². The third kappa shape index (κ3) is 6.35. The first kappa shape index (κ1) is 22.9. The molecule has 0 atom stereocenters. The maximum absolute atomic E-state index is 12.3. The number of hydrogen-bond donors (Lipinski definition) is 2. The summed E-state index contributed by atoms with van der Waals surface area (Å²) in [7, 11) is 3.17. The predicted octanol–water partition coefficient (Wildman–Crippen LogP) is 3.85. The molecule has 6 heteroatoms. The molecule has 0 heterocycles. The summed E-state index contributed by atoms with van der Waals surface area (Å²) in [6, 6.07) is 23.1. The molecule has 0 unspecified atom stereocenters. The van der Waals surface area contributed by atoms with Crippen LogP contribution >= 0.6 is 0 Å². The maximum atomic E-state index is 12.3. The molecular formula is C26H28N2O4. The molecule has 32 heavy (non-hydrogen) atoms. The van der Waals surface area contributed by atoms with E-state index in [0.29, 0.717) is 43.0 Å². The van der Waals surface area contributed by atoms with E-state index in [4.69, 9.17) is 9.47 Å². The van der Waals surface area contributed by atoms with Gasteiger partial charge in [-0.25, -0.2) is 0 Å². The van der Waals surface area contributed by atoms with Gasteiger partial charge in [0.15, 0.2) is 11.5 Å². The van der Waals surface area contributed by atoms with E-state index in [9.17, 15) is 9.59 Å². The van der Waals surface area contributed by atoms with Gasteiger partial charge in [0.1, 0.15) is 0 Å². The number of amides is 2. The van der Waals surface area contributed by atoms with Crippen molar-refractivity contribution in [3.8, 4) is 22.6 Å². The molecule has 0 aliphatic rings. The van der Waals surface area contributed by atoms with Crippen molar-refractivity contribution in [2.45, 2.75) is 12.8 Å². The van der Waals surface area contributed by atoms with E-state index < -0.39 is 0 Å². The summed E-state index contributed by atoms with van der Waals surface area (Å²) >= 11 is 0. The van der Waals surface area contributed by atoms with Crippen LogP contribution in [0.25, 0.3) is 11.1 Å². The lowest BCUT2D eigenvalue weighted by Crippen LogP contribution is -2.34. The smallest absolute Gasteiger partial charge is 0.251 e. The Labute approximate surface area is 188 Å². The van der Waals surface area contributed by atoms with Gasteiger partial charge >= 0.3 is 0 Å². The van der Waals surface area contributed by atoms with E-state index in [0.717, 1.165) is 16.7 Å². The highest BCUT2D eigenvalue weighted by atomic mass is 16.5. The molecular weight excluding hydrogens is 404 g/mol. The average molecular weight is 433 g/mol. The van der Waals surface area contributed by atoms with Crippen molar-refractivity contribution in [1.29, 1.82) is 0 Å². The lowest BCUT2D eigenvalue weighted by Gasteiger charge is -2.10. The minimum absolute atomic E-state index is 0.0683. The minimum Gasteiger partial charge on any atom is -0.493 e. The molecule has 2 N–H and O–H groups in total. The second-order valence-electron chi connectivity index (χ2n) is 7.24. The standard InChI is InChI=1S/C26H28N2O4/c1-31-23-14-8-19(18-24(23)32-2)9-15-25(29)27-16-17-28-26(30)22-12-10-21(11-13-22)20-6-4-3-5-7-20/h3-8,10-14,18H,9,15-17H2,1-2H3,(H,27,29)(H,28,30). The number of ether oxygens (including phenoxy) is 2. The van der Waals surface area contributed by atoms with Crippen LogP contribution in [0, 0.1) is 0 Å². The molecule has 3 aromatic rings. The molecule has 3 aromatic carbocycles. The van der Waals surface area contributed by atoms with Gasteiger partial charge in [0, 0.05) is 25.1 Å². The Morgan fingerprint density at radius 1 is 0.750 bits per heavy atom. The van der Waals surface area contributed by atoms with Crippen molar-refractivity contribution in [1.82, 2.24) is 10.6 Å². The van der Waals surface area contributed by atoms with Crippen LogP contribution in [0.3, 0.4) is 0 Å². The molecule has 6 nitrogen and oxygen atoms in total. The van der Waals surface area contributed by atoms with Crippen LogP contribution in [-0.2, 0) is 11.2 Å². The van der Waals surface area contributed by atoms with Crippen molar-refractivity contribution in [3.63, 3.8) is 0 Å². The van der Waals surface area contributed by atoms with Crippen LogP contribution < -0.4 is 20.1 Å². The summed E-state index contributed by atoms with van der Waals surface area (Å²) in [5, 5.41) is 5.66. The van der Waals surface area contributed by atoms with E-state index >= 15 is 0 Å². The Bertz CT molecular complexity index is 1030. The first-order valence-electron chi connectivity index (χ1n) is 10.5. The van der Waals surface area contributed by atoms with Crippen LogP contribution in [0.1, 0.15) is 22.3 Å². The number of aryl methyl sites for hydroxylation is 1. The Morgan fingerprint density at radius 3 is 2.09 bits per heavy atom. The minimum atomic E-state index is -0.163. The first-order valence-corrected chi connectivity index (χ1v) is 10.5.